The maximum atomic E-state index is 13.2. The molecule has 170 valence electrons. The molecule has 5 rings (SSSR count). The van der Waals surface area contributed by atoms with E-state index < -0.39 is 0 Å². The minimum Gasteiger partial charge on any atom is -0.429 e. The summed E-state index contributed by atoms with van der Waals surface area (Å²) in [6.07, 6.45) is 0. The Hall–Kier alpha value is -3.27. The van der Waals surface area contributed by atoms with E-state index in [1.165, 1.54) is 23.1 Å². The predicted octanol–water partition coefficient (Wildman–Crippen LogP) is 7.25. The Morgan fingerprint density at radius 2 is 1.65 bits per heavy atom. The van der Waals surface area contributed by atoms with Crippen molar-refractivity contribution in [3.05, 3.63) is 82.4 Å². The van der Waals surface area contributed by atoms with Crippen LogP contribution in [0.4, 0.5) is 5.13 Å². The van der Waals surface area contributed by atoms with E-state index in [0.29, 0.717) is 16.1 Å². The van der Waals surface area contributed by atoms with Gasteiger partial charge in [0.25, 0.3) is 5.91 Å². The van der Waals surface area contributed by atoms with Crippen LogP contribution in [0.15, 0.2) is 74.4 Å². The zero-order valence-corrected chi connectivity index (χ0v) is 21.1. The van der Waals surface area contributed by atoms with Crippen molar-refractivity contribution in [3.8, 4) is 21.3 Å². The summed E-state index contributed by atoms with van der Waals surface area (Å²) in [6, 6.07) is 17.9. The number of nitrogens with zero attached hydrogens (tertiary/aromatic N) is 3. The molecule has 3 aromatic heterocycles. The Bertz CT molecular complexity index is 1450. The van der Waals surface area contributed by atoms with Gasteiger partial charge >= 0.3 is 0 Å². The van der Waals surface area contributed by atoms with E-state index in [0.717, 1.165) is 37.0 Å². The summed E-state index contributed by atoms with van der Waals surface area (Å²) in [6.45, 7) is 6.08. The summed E-state index contributed by atoms with van der Waals surface area (Å²) in [5, 5.41) is 14.9. The van der Waals surface area contributed by atoms with Gasteiger partial charge in [-0.05, 0) is 73.8 Å². The number of aromatic nitrogens is 3. The van der Waals surface area contributed by atoms with Gasteiger partial charge < -0.3 is 4.42 Å². The van der Waals surface area contributed by atoms with Crippen LogP contribution in [0.2, 0.25) is 0 Å². The lowest BCUT2D eigenvalue weighted by Crippen LogP contribution is -2.13. The molecule has 0 saturated carbocycles. The van der Waals surface area contributed by atoms with Crippen molar-refractivity contribution < 1.29 is 9.21 Å². The number of anilines is 1. The van der Waals surface area contributed by atoms with Crippen LogP contribution in [0.1, 0.15) is 27.2 Å². The molecule has 0 radical (unpaired) electrons. The zero-order chi connectivity index (χ0) is 23.7. The lowest BCUT2D eigenvalue weighted by Gasteiger charge is -2.02. The van der Waals surface area contributed by atoms with Gasteiger partial charge in [-0.25, -0.2) is 4.98 Å². The van der Waals surface area contributed by atoms with Gasteiger partial charge in [0.1, 0.15) is 0 Å². The Kier molecular flexibility index (Phi) is 6.32. The third kappa shape index (κ3) is 4.82. The first-order valence-electron chi connectivity index (χ1n) is 10.5. The van der Waals surface area contributed by atoms with Crippen LogP contribution < -0.4 is 5.32 Å². The molecule has 0 unspecified atom stereocenters. The maximum absolute atomic E-state index is 13.2. The topological polar surface area (TPSA) is 80.9 Å². The standard InChI is InChI=1S/C25H20N4O2S3/c1-14-4-8-17(9-5-14)22-26-19(24(31-22)33-18-10-6-15(2)7-11-18)21(30)27-25-29-28-23(34-25)20-16(3)12-13-32-20/h4-13H,1-3H3,(H,27,29,30). The maximum Gasteiger partial charge on any atom is 0.280 e. The van der Waals surface area contributed by atoms with Crippen LogP contribution in [-0.2, 0) is 0 Å². The molecule has 6 nitrogen and oxygen atoms in total. The molecule has 9 heteroatoms. The van der Waals surface area contributed by atoms with Crippen LogP contribution in [0.5, 0.6) is 0 Å². The van der Waals surface area contributed by atoms with Crippen LogP contribution in [0.3, 0.4) is 0 Å². The summed E-state index contributed by atoms with van der Waals surface area (Å²) in [5.74, 6) is 0.00856. The van der Waals surface area contributed by atoms with E-state index in [2.05, 4.69) is 20.5 Å². The monoisotopic (exact) mass is 504 g/mol. The van der Waals surface area contributed by atoms with E-state index in [1.807, 2.05) is 80.7 Å². The number of nitrogens with one attached hydrogen (secondary N) is 1. The minimum atomic E-state index is -0.387. The molecule has 0 fully saturated rings. The third-order valence-corrected chi connectivity index (χ3v) is 8.02. The molecular weight excluding hydrogens is 485 g/mol. The number of benzene rings is 2. The highest BCUT2D eigenvalue weighted by molar-refractivity contribution is 7.99. The van der Waals surface area contributed by atoms with Gasteiger partial charge in [-0.3, -0.25) is 10.1 Å². The lowest BCUT2D eigenvalue weighted by molar-refractivity contribution is 0.101. The molecule has 0 atom stereocenters. The Labute approximate surface area is 209 Å². The molecule has 1 amide bonds. The highest BCUT2D eigenvalue weighted by Gasteiger charge is 2.23. The van der Waals surface area contributed by atoms with Gasteiger partial charge in [-0.1, -0.05) is 46.7 Å². The van der Waals surface area contributed by atoms with E-state index in [-0.39, 0.29) is 11.6 Å². The minimum absolute atomic E-state index is 0.213. The van der Waals surface area contributed by atoms with Gasteiger partial charge in [0.05, 0.1) is 4.88 Å². The molecule has 1 N–H and O–H groups in total. The zero-order valence-electron chi connectivity index (χ0n) is 18.7. The van der Waals surface area contributed by atoms with Crippen LogP contribution >= 0.6 is 34.4 Å². The molecule has 5 aromatic rings. The Balaban J connectivity index is 1.45. The van der Waals surface area contributed by atoms with Crippen molar-refractivity contribution in [2.45, 2.75) is 30.8 Å². The van der Waals surface area contributed by atoms with Crippen LogP contribution in [0, 0.1) is 20.8 Å². The summed E-state index contributed by atoms with van der Waals surface area (Å²) < 4.78 is 6.07. The fourth-order valence-electron chi connectivity index (χ4n) is 3.17. The van der Waals surface area contributed by atoms with Gasteiger partial charge in [0.2, 0.25) is 11.0 Å². The molecule has 2 aromatic carbocycles. The number of thiophene rings is 1. The molecule has 3 heterocycles. The second-order valence-electron chi connectivity index (χ2n) is 7.74. The number of carbonyl (C=O) groups is 1. The Morgan fingerprint density at radius 3 is 2.32 bits per heavy atom. The lowest BCUT2D eigenvalue weighted by atomic mass is 10.1. The quantitative estimate of drug-likeness (QED) is 0.262. The van der Waals surface area contributed by atoms with Crippen molar-refractivity contribution in [2.75, 3.05) is 5.32 Å². The summed E-state index contributed by atoms with van der Waals surface area (Å²) in [5.41, 5.74) is 4.45. The van der Waals surface area contributed by atoms with E-state index in [9.17, 15) is 4.79 Å². The summed E-state index contributed by atoms with van der Waals surface area (Å²) >= 11 is 4.30. The van der Waals surface area contributed by atoms with E-state index in [4.69, 9.17) is 4.42 Å². The summed E-state index contributed by atoms with van der Waals surface area (Å²) in [7, 11) is 0. The van der Waals surface area contributed by atoms with Crippen molar-refractivity contribution in [2.24, 2.45) is 0 Å². The fraction of sp³-hybridized carbons (Fsp3) is 0.120. The first-order valence-corrected chi connectivity index (χ1v) is 13.0. The molecule has 34 heavy (non-hydrogen) atoms. The number of hydrogen-bond donors (Lipinski definition) is 1. The smallest absolute Gasteiger partial charge is 0.280 e. The predicted molar refractivity (Wildman–Crippen MR) is 138 cm³/mol. The van der Waals surface area contributed by atoms with E-state index in [1.54, 1.807) is 11.3 Å². The average molecular weight is 505 g/mol. The Morgan fingerprint density at radius 1 is 0.941 bits per heavy atom. The number of amides is 1. The van der Waals surface area contributed by atoms with Gasteiger partial charge in [-0.2, -0.15) is 0 Å². The molecule has 0 aliphatic rings. The number of carbonyl (C=O) groups excluding carboxylic acids is 1. The van der Waals surface area contributed by atoms with Crippen LogP contribution in [-0.4, -0.2) is 21.1 Å². The number of aryl methyl sites for hydroxylation is 3. The first-order chi connectivity index (χ1) is 16.5. The number of rotatable bonds is 6. The van der Waals surface area contributed by atoms with Crippen molar-refractivity contribution in [1.29, 1.82) is 0 Å². The largest absolute Gasteiger partial charge is 0.429 e. The molecule has 0 bridgehead atoms. The normalized spacial score (nSPS) is 11.0. The van der Waals surface area contributed by atoms with Gasteiger partial charge in [-0.15, -0.1) is 21.5 Å². The molecular formula is C25H20N4O2S3. The molecule has 0 saturated heterocycles. The first kappa shape index (κ1) is 22.5. The van der Waals surface area contributed by atoms with Crippen molar-refractivity contribution in [1.82, 2.24) is 15.2 Å². The molecule has 0 aliphatic heterocycles. The number of oxazole rings is 1. The second-order valence-corrected chi connectivity index (χ2v) is 10.7. The van der Waals surface area contributed by atoms with Gasteiger partial charge in [0, 0.05) is 10.5 Å². The molecule has 0 spiro atoms. The third-order valence-electron chi connectivity index (χ3n) is 5.04. The van der Waals surface area contributed by atoms with Crippen molar-refractivity contribution in [3.63, 3.8) is 0 Å². The van der Waals surface area contributed by atoms with Crippen molar-refractivity contribution >= 4 is 45.5 Å². The highest BCUT2D eigenvalue weighted by atomic mass is 32.2. The van der Waals surface area contributed by atoms with E-state index >= 15 is 0 Å². The highest BCUT2D eigenvalue weighted by Crippen LogP contribution is 2.36. The fourth-order valence-corrected chi connectivity index (χ4v) is 5.82. The summed E-state index contributed by atoms with van der Waals surface area (Å²) in [4.78, 5) is 19.8. The number of hydrogen-bond acceptors (Lipinski definition) is 8. The average Bonchev–Trinajstić information content (AvgIpc) is 3.56. The van der Waals surface area contributed by atoms with Crippen LogP contribution in [0.25, 0.3) is 21.3 Å². The van der Waals surface area contributed by atoms with Gasteiger partial charge in [0.15, 0.2) is 15.8 Å². The SMILES string of the molecule is Cc1ccc(Sc2oc(-c3ccc(C)cc3)nc2C(=O)Nc2nnc(-c3sccc3C)s2)cc1. The molecule has 0 aliphatic carbocycles. The second kappa shape index (κ2) is 9.54.